The van der Waals surface area contributed by atoms with Crippen molar-refractivity contribution >= 4 is 52.7 Å². The Balaban J connectivity index is 2.12. The highest BCUT2D eigenvalue weighted by Gasteiger charge is 2.20. The summed E-state index contributed by atoms with van der Waals surface area (Å²) in [7, 11) is 0. The van der Waals surface area contributed by atoms with Gasteiger partial charge in [0.2, 0.25) is 0 Å². The molecule has 1 aliphatic rings. The van der Waals surface area contributed by atoms with Crippen molar-refractivity contribution in [3.63, 3.8) is 0 Å². The van der Waals surface area contributed by atoms with Gasteiger partial charge < -0.3 is 5.32 Å². The van der Waals surface area contributed by atoms with Gasteiger partial charge in [0, 0.05) is 48.8 Å². The SMILES string of the molecule is CC(C)CCC(=O)CCCC(=O)CCC(C)(C)NCSC/C=C1/SCCC1C=S. The Hall–Kier alpha value is -0.170. The van der Waals surface area contributed by atoms with Crippen LogP contribution in [0.5, 0.6) is 0 Å². The molecule has 0 aliphatic carbocycles. The van der Waals surface area contributed by atoms with Gasteiger partial charge in [-0.05, 0) is 61.5 Å². The highest BCUT2D eigenvalue weighted by Crippen LogP contribution is 2.35. The molecule has 1 unspecified atom stereocenters. The lowest BCUT2D eigenvalue weighted by Gasteiger charge is -2.26. The van der Waals surface area contributed by atoms with E-state index in [1.807, 2.05) is 28.9 Å². The van der Waals surface area contributed by atoms with Crippen LogP contribution in [-0.4, -0.2) is 39.9 Å². The van der Waals surface area contributed by atoms with E-state index in [0.29, 0.717) is 49.7 Å². The average molecular weight is 458 g/mol. The van der Waals surface area contributed by atoms with E-state index in [1.165, 1.54) is 17.1 Å². The Bertz CT molecular complexity index is 558. The zero-order chi connectivity index (χ0) is 21.7. The Morgan fingerprint density at radius 2 is 1.93 bits per heavy atom. The van der Waals surface area contributed by atoms with Crippen molar-refractivity contribution in [1.82, 2.24) is 5.32 Å². The predicted molar refractivity (Wildman–Crippen MR) is 134 cm³/mol. The standard InChI is InChI=1S/C23H39NO2S3/c1-18(2)8-9-20(25)6-5-7-21(26)10-13-23(3,4)24-17-28-14-12-22-19(16-27)11-15-29-22/h12,16,18-19,24H,5-11,13-15,17H2,1-4H3/b22-12+. The van der Waals surface area contributed by atoms with Gasteiger partial charge in [0.25, 0.3) is 0 Å². The van der Waals surface area contributed by atoms with Crippen molar-refractivity contribution in [1.29, 1.82) is 0 Å². The summed E-state index contributed by atoms with van der Waals surface area (Å²) in [6.45, 7) is 8.58. The highest BCUT2D eigenvalue weighted by atomic mass is 32.2. The first-order chi connectivity index (χ1) is 13.7. The molecule has 29 heavy (non-hydrogen) atoms. The summed E-state index contributed by atoms with van der Waals surface area (Å²) >= 11 is 8.91. The Labute approximate surface area is 192 Å². The first-order valence-corrected chi connectivity index (χ1v) is 13.5. The fourth-order valence-electron chi connectivity index (χ4n) is 3.07. The molecule has 3 nitrogen and oxygen atoms in total. The molecule has 0 amide bonds. The lowest BCUT2D eigenvalue weighted by atomic mass is 9.95. The molecule has 166 valence electrons. The van der Waals surface area contributed by atoms with Crippen LogP contribution >= 0.6 is 35.7 Å². The number of Topliss-reactive ketones (excluding diaryl/α,β-unsaturated/α-hetero) is 2. The second-order valence-electron chi connectivity index (χ2n) is 8.93. The monoisotopic (exact) mass is 457 g/mol. The van der Waals surface area contributed by atoms with Crippen LogP contribution in [-0.2, 0) is 9.59 Å². The largest absolute Gasteiger partial charge is 0.303 e. The Morgan fingerprint density at radius 1 is 1.24 bits per heavy atom. The minimum absolute atomic E-state index is 0.0536. The fourth-order valence-corrected chi connectivity index (χ4v) is 5.66. The maximum Gasteiger partial charge on any atom is 0.132 e. The lowest BCUT2D eigenvalue weighted by molar-refractivity contribution is -0.120. The maximum absolute atomic E-state index is 12.2. The van der Waals surface area contributed by atoms with Crippen molar-refractivity contribution < 1.29 is 9.59 Å². The molecule has 1 heterocycles. The highest BCUT2D eigenvalue weighted by molar-refractivity contribution is 8.03. The summed E-state index contributed by atoms with van der Waals surface area (Å²) in [5, 5.41) is 5.46. The zero-order valence-corrected chi connectivity index (χ0v) is 21.1. The normalized spacial score (nSPS) is 18.5. The maximum atomic E-state index is 12.2. The van der Waals surface area contributed by atoms with E-state index in [-0.39, 0.29) is 11.3 Å². The fraction of sp³-hybridized carbons (Fsp3) is 0.783. The third-order valence-corrected chi connectivity index (χ3v) is 7.54. The molecular formula is C23H39NO2S3. The van der Waals surface area contributed by atoms with Crippen LogP contribution in [0.3, 0.4) is 0 Å². The van der Waals surface area contributed by atoms with E-state index >= 15 is 0 Å². The van der Waals surface area contributed by atoms with Crippen LogP contribution < -0.4 is 5.32 Å². The Kier molecular flexibility index (Phi) is 13.7. The third-order valence-electron chi connectivity index (χ3n) is 5.22. The molecule has 1 aliphatic heterocycles. The zero-order valence-electron chi connectivity index (χ0n) is 18.6. The molecule has 0 bridgehead atoms. The van der Waals surface area contributed by atoms with E-state index in [9.17, 15) is 9.59 Å². The number of thiocarbonyl (C=S) groups is 1. The van der Waals surface area contributed by atoms with Gasteiger partial charge in [0.05, 0.1) is 0 Å². The van der Waals surface area contributed by atoms with Crippen molar-refractivity contribution in [3.8, 4) is 0 Å². The number of carbonyl (C=O) groups is 2. The molecular weight excluding hydrogens is 418 g/mol. The van der Waals surface area contributed by atoms with Crippen LogP contribution in [0.1, 0.15) is 79.1 Å². The molecule has 6 heteroatoms. The van der Waals surface area contributed by atoms with E-state index in [0.717, 1.165) is 24.5 Å². The number of hydrogen-bond acceptors (Lipinski definition) is 6. The first-order valence-electron chi connectivity index (χ1n) is 10.9. The quantitative estimate of drug-likeness (QED) is 0.169. The predicted octanol–water partition coefficient (Wildman–Crippen LogP) is 6.21. The minimum Gasteiger partial charge on any atom is -0.303 e. The smallest absolute Gasteiger partial charge is 0.132 e. The van der Waals surface area contributed by atoms with Crippen LogP contribution in [0.15, 0.2) is 11.0 Å². The molecule has 0 aromatic carbocycles. The van der Waals surface area contributed by atoms with Gasteiger partial charge in [-0.25, -0.2) is 0 Å². The number of hydrogen-bond donors (Lipinski definition) is 1. The number of rotatable bonds is 16. The number of thioether (sulfide) groups is 2. The van der Waals surface area contributed by atoms with Crippen LogP contribution in [0.4, 0.5) is 0 Å². The summed E-state index contributed by atoms with van der Waals surface area (Å²) in [6, 6.07) is 0. The van der Waals surface area contributed by atoms with Crippen molar-refractivity contribution in [2.75, 3.05) is 17.4 Å². The van der Waals surface area contributed by atoms with Crippen LogP contribution in [0, 0.1) is 11.8 Å². The molecule has 1 N–H and O–H groups in total. The lowest BCUT2D eigenvalue weighted by Crippen LogP contribution is -2.39. The van der Waals surface area contributed by atoms with Crippen molar-refractivity contribution in [2.24, 2.45) is 11.8 Å². The van der Waals surface area contributed by atoms with E-state index in [4.69, 9.17) is 12.2 Å². The van der Waals surface area contributed by atoms with Gasteiger partial charge in [-0.15, -0.1) is 23.5 Å². The molecule has 0 aromatic heterocycles. The topological polar surface area (TPSA) is 46.2 Å². The third kappa shape index (κ3) is 13.0. The van der Waals surface area contributed by atoms with Crippen LogP contribution in [0.2, 0.25) is 0 Å². The number of allylic oxidation sites excluding steroid dienone is 1. The summed E-state index contributed by atoms with van der Waals surface area (Å²) < 4.78 is 0. The van der Waals surface area contributed by atoms with E-state index < -0.39 is 0 Å². The second-order valence-corrected chi connectivity index (χ2v) is 11.4. The summed E-state index contributed by atoms with van der Waals surface area (Å²) in [6.07, 6.45) is 8.30. The summed E-state index contributed by atoms with van der Waals surface area (Å²) in [4.78, 5) is 25.4. The second kappa shape index (κ2) is 14.8. The summed E-state index contributed by atoms with van der Waals surface area (Å²) in [5.74, 6) is 4.67. The first kappa shape index (κ1) is 26.9. The molecule has 1 atom stereocenters. The van der Waals surface area contributed by atoms with Crippen molar-refractivity contribution in [2.45, 2.75) is 84.6 Å². The van der Waals surface area contributed by atoms with Crippen molar-refractivity contribution in [3.05, 3.63) is 11.0 Å². The molecule has 0 saturated carbocycles. The van der Waals surface area contributed by atoms with Gasteiger partial charge in [-0.2, -0.15) is 0 Å². The van der Waals surface area contributed by atoms with Gasteiger partial charge in [0.15, 0.2) is 0 Å². The van der Waals surface area contributed by atoms with Gasteiger partial charge >= 0.3 is 0 Å². The molecule has 1 fully saturated rings. The van der Waals surface area contributed by atoms with E-state index in [1.54, 1.807) is 0 Å². The number of carbonyl (C=O) groups excluding carboxylic acids is 2. The number of ketones is 2. The molecule has 0 spiro atoms. The number of nitrogens with one attached hydrogen (secondary N) is 1. The van der Waals surface area contributed by atoms with Gasteiger partial charge in [-0.3, -0.25) is 9.59 Å². The molecule has 1 saturated heterocycles. The van der Waals surface area contributed by atoms with Gasteiger partial charge in [0.1, 0.15) is 11.6 Å². The van der Waals surface area contributed by atoms with Crippen LogP contribution in [0.25, 0.3) is 0 Å². The van der Waals surface area contributed by atoms with Gasteiger partial charge in [-0.1, -0.05) is 32.1 Å². The molecule has 0 aromatic rings. The molecule has 1 rings (SSSR count). The molecule has 0 radical (unpaired) electrons. The minimum atomic E-state index is -0.0536. The van der Waals surface area contributed by atoms with E-state index in [2.05, 4.69) is 39.1 Å². The summed E-state index contributed by atoms with van der Waals surface area (Å²) in [5.41, 5.74) is -0.0536. The Morgan fingerprint density at radius 3 is 2.59 bits per heavy atom. The average Bonchev–Trinajstić information content (AvgIpc) is 3.12.